The number of unbranched alkanes of at least 4 members (excludes halogenated alkanes) is 43. The fourth-order valence-electron chi connectivity index (χ4n) is 9.71. The van der Waals surface area contributed by atoms with Crippen LogP contribution in [0.15, 0.2) is 36.5 Å². The van der Waals surface area contributed by atoms with Crippen LogP contribution in [0, 0.1) is 0 Å². The van der Waals surface area contributed by atoms with E-state index >= 15 is 0 Å². The van der Waals surface area contributed by atoms with Crippen molar-refractivity contribution in [1.82, 2.24) is 0 Å². The van der Waals surface area contributed by atoms with E-state index in [9.17, 15) is 14.4 Å². The van der Waals surface area contributed by atoms with Gasteiger partial charge in [0.25, 0.3) is 0 Å². The molecular weight excluding hydrogens is 901 g/mol. The van der Waals surface area contributed by atoms with Gasteiger partial charge in [-0.15, -0.1) is 0 Å². The molecule has 0 aromatic heterocycles. The average molecular weight is 1030 g/mol. The quantitative estimate of drug-likeness (QED) is 0.0261. The SMILES string of the molecule is CCCCCCC/C=C\C/C=C\CCCCCCCCCCCCCCCCCCCCCC(=O)OCC(COC(=O)CCCCCCCCCCC)OC(=O)CCCCCCC/C=C\CCCCCCCC. The van der Waals surface area contributed by atoms with Crippen LogP contribution in [0.2, 0.25) is 0 Å². The molecule has 428 valence electrons. The Hall–Kier alpha value is -2.37. The third kappa shape index (κ3) is 60.4. The lowest BCUT2D eigenvalue weighted by Crippen LogP contribution is -2.30. The van der Waals surface area contributed by atoms with E-state index in [0.717, 1.165) is 70.6 Å². The number of esters is 3. The number of carbonyl (C=O) groups excluding carboxylic acids is 3. The monoisotopic (exact) mass is 1020 g/mol. The summed E-state index contributed by atoms with van der Waals surface area (Å²) in [7, 11) is 0. The lowest BCUT2D eigenvalue weighted by Gasteiger charge is -2.18. The molecule has 0 aliphatic heterocycles. The van der Waals surface area contributed by atoms with Crippen molar-refractivity contribution in [1.29, 1.82) is 0 Å². The van der Waals surface area contributed by atoms with Crippen LogP contribution in [0.5, 0.6) is 0 Å². The molecule has 6 heteroatoms. The van der Waals surface area contributed by atoms with Gasteiger partial charge >= 0.3 is 17.9 Å². The molecule has 0 radical (unpaired) electrons. The van der Waals surface area contributed by atoms with E-state index in [2.05, 4.69) is 57.2 Å². The highest BCUT2D eigenvalue weighted by atomic mass is 16.6. The Balaban J connectivity index is 4.05. The first-order valence-corrected chi connectivity index (χ1v) is 32.5. The van der Waals surface area contributed by atoms with Gasteiger partial charge in [0.15, 0.2) is 6.10 Å². The molecule has 1 unspecified atom stereocenters. The highest BCUT2D eigenvalue weighted by molar-refractivity contribution is 5.71. The molecule has 0 saturated carbocycles. The van der Waals surface area contributed by atoms with Gasteiger partial charge in [0.1, 0.15) is 13.2 Å². The van der Waals surface area contributed by atoms with Gasteiger partial charge in [-0.25, -0.2) is 0 Å². The lowest BCUT2D eigenvalue weighted by atomic mass is 10.0. The van der Waals surface area contributed by atoms with Crippen LogP contribution in [-0.4, -0.2) is 37.2 Å². The fourth-order valence-corrected chi connectivity index (χ4v) is 9.71. The molecule has 1 atom stereocenters. The smallest absolute Gasteiger partial charge is 0.306 e. The van der Waals surface area contributed by atoms with Gasteiger partial charge in [0, 0.05) is 19.3 Å². The highest BCUT2D eigenvalue weighted by Gasteiger charge is 2.19. The van der Waals surface area contributed by atoms with Crippen molar-refractivity contribution in [3.05, 3.63) is 36.5 Å². The van der Waals surface area contributed by atoms with Gasteiger partial charge in [0.2, 0.25) is 0 Å². The predicted octanol–water partition coefficient (Wildman–Crippen LogP) is 22.0. The van der Waals surface area contributed by atoms with Gasteiger partial charge in [-0.3, -0.25) is 14.4 Å². The molecule has 0 rings (SSSR count). The topological polar surface area (TPSA) is 78.9 Å². The Morgan fingerprint density at radius 3 is 0.767 bits per heavy atom. The zero-order chi connectivity index (χ0) is 52.9. The van der Waals surface area contributed by atoms with Crippen LogP contribution in [-0.2, 0) is 28.6 Å². The predicted molar refractivity (Wildman–Crippen MR) is 316 cm³/mol. The van der Waals surface area contributed by atoms with Crippen molar-refractivity contribution in [3.8, 4) is 0 Å². The maximum absolute atomic E-state index is 12.8. The normalized spacial score (nSPS) is 12.2. The summed E-state index contributed by atoms with van der Waals surface area (Å²) in [6.07, 6.45) is 76.1. The molecule has 73 heavy (non-hydrogen) atoms. The van der Waals surface area contributed by atoms with Crippen LogP contribution in [0.4, 0.5) is 0 Å². The summed E-state index contributed by atoms with van der Waals surface area (Å²) in [5, 5.41) is 0. The van der Waals surface area contributed by atoms with E-state index in [4.69, 9.17) is 14.2 Å². The molecule has 0 aromatic rings. The maximum atomic E-state index is 12.8. The third-order valence-corrected chi connectivity index (χ3v) is 14.6. The lowest BCUT2D eigenvalue weighted by molar-refractivity contribution is -0.167. The van der Waals surface area contributed by atoms with Gasteiger partial charge in [-0.2, -0.15) is 0 Å². The first kappa shape index (κ1) is 70.6. The summed E-state index contributed by atoms with van der Waals surface area (Å²) < 4.78 is 16.9. The molecule has 0 spiro atoms. The Morgan fingerprint density at radius 2 is 0.493 bits per heavy atom. The molecule has 0 bridgehead atoms. The highest BCUT2D eigenvalue weighted by Crippen LogP contribution is 2.17. The van der Waals surface area contributed by atoms with Crippen LogP contribution >= 0.6 is 0 Å². The van der Waals surface area contributed by atoms with Crippen molar-refractivity contribution >= 4 is 17.9 Å². The summed E-state index contributed by atoms with van der Waals surface area (Å²) in [6, 6.07) is 0. The van der Waals surface area contributed by atoms with Crippen LogP contribution in [0.1, 0.15) is 355 Å². The molecule has 0 aromatic carbocycles. The second-order valence-electron chi connectivity index (χ2n) is 22.0. The Labute approximate surface area is 455 Å². The molecule has 0 fully saturated rings. The molecule has 6 nitrogen and oxygen atoms in total. The van der Waals surface area contributed by atoms with E-state index < -0.39 is 6.10 Å². The number of hydrogen-bond acceptors (Lipinski definition) is 6. The Bertz CT molecular complexity index is 1220. The Morgan fingerprint density at radius 1 is 0.274 bits per heavy atom. The molecule has 0 aliphatic rings. The molecule has 0 N–H and O–H groups in total. The van der Waals surface area contributed by atoms with E-state index in [1.807, 2.05) is 0 Å². The summed E-state index contributed by atoms with van der Waals surface area (Å²) in [5.41, 5.74) is 0. The number of rotatable bonds is 60. The fraction of sp³-hybridized carbons (Fsp3) is 0.866. The van der Waals surface area contributed by atoms with Gasteiger partial charge in [-0.05, 0) is 77.0 Å². The minimum absolute atomic E-state index is 0.0704. The van der Waals surface area contributed by atoms with E-state index in [1.165, 1.54) is 244 Å². The average Bonchev–Trinajstić information content (AvgIpc) is 3.39. The molecule has 0 aliphatic carbocycles. The molecule has 0 saturated heterocycles. The first-order valence-electron chi connectivity index (χ1n) is 32.5. The standard InChI is InChI=1S/C67H124O6/c1-4-7-10-13-16-19-21-23-25-26-27-28-29-30-31-32-33-34-35-36-37-38-39-40-42-43-45-48-51-54-57-60-66(69)72-63-64(62-71-65(68)59-56-53-50-47-18-15-12-9-6-3)73-67(70)61-58-55-52-49-46-44-41-24-22-20-17-14-11-8-5-2/h21,23-24,26-27,41,64H,4-20,22,25,28-40,42-63H2,1-3H3/b23-21-,27-26-,41-24-. The second-order valence-corrected chi connectivity index (χ2v) is 22.0. The van der Waals surface area contributed by atoms with Gasteiger partial charge in [-0.1, -0.05) is 295 Å². The first-order chi connectivity index (χ1) is 36.0. The number of allylic oxidation sites excluding steroid dienone is 6. The summed E-state index contributed by atoms with van der Waals surface area (Å²) in [4.78, 5) is 38.1. The zero-order valence-corrected chi connectivity index (χ0v) is 49.2. The maximum Gasteiger partial charge on any atom is 0.306 e. The van der Waals surface area contributed by atoms with Crippen molar-refractivity contribution in [3.63, 3.8) is 0 Å². The van der Waals surface area contributed by atoms with Crippen molar-refractivity contribution in [2.24, 2.45) is 0 Å². The summed E-state index contributed by atoms with van der Waals surface area (Å²) in [5.74, 6) is -0.861. The van der Waals surface area contributed by atoms with Gasteiger partial charge < -0.3 is 14.2 Å². The summed E-state index contributed by atoms with van der Waals surface area (Å²) in [6.45, 7) is 6.64. The second kappa shape index (κ2) is 62.2. The van der Waals surface area contributed by atoms with Crippen LogP contribution < -0.4 is 0 Å². The zero-order valence-electron chi connectivity index (χ0n) is 49.2. The van der Waals surface area contributed by atoms with Crippen LogP contribution in [0.25, 0.3) is 0 Å². The molecule has 0 heterocycles. The number of hydrogen-bond donors (Lipinski definition) is 0. The van der Waals surface area contributed by atoms with Gasteiger partial charge in [0.05, 0.1) is 0 Å². The van der Waals surface area contributed by atoms with Crippen molar-refractivity contribution < 1.29 is 28.6 Å². The van der Waals surface area contributed by atoms with E-state index in [1.54, 1.807) is 0 Å². The largest absolute Gasteiger partial charge is 0.462 e. The van der Waals surface area contributed by atoms with Crippen molar-refractivity contribution in [2.75, 3.05) is 13.2 Å². The van der Waals surface area contributed by atoms with E-state index in [-0.39, 0.29) is 31.1 Å². The van der Waals surface area contributed by atoms with E-state index in [0.29, 0.717) is 19.3 Å². The van der Waals surface area contributed by atoms with Crippen LogP contribution in [0.3, 0.4) is 0 Å². The third-order valence-electron chi connectivity index (χ3n) is 14.6. The molecule has 0 amide bonds. The number of ether oxygens (including phenoxy) is 3. The minimum Gasteiger partial charge on any atom is -0.462 e. The summed E-state index contributed by atoms with van der Waals surface area (Å²) >= 11 is 0. The minimum atomic E-state index is -0.771. The molecular formula is C67H124O6. The number of carbonyl (C=O) groups is 3. The Kier molecular flexibility index (Phi) is 60.2. The van der Waals surface area contributed by atoms with Crippen molar-refractivity contribution in [2.45, 2.75) is 361 Å².